The van der Waals surface area contributed by atoms with Crippen LogP contribution in [0.25, 0.3) is 0 Å². The molecule has 1 aromatic rings. The monoisotopic (exact) mass is 347 g/mol. The summed E-state index contributed by atoms with van der Waals surface area (Å²) in [5.41, 5.74) is -3.33. The lowest BCUT2D eigenvalue weighted by Gasteiger charge is -2.22. The van der Waals surface area contributed by atoms with E-state index in [0.29, 0.717) is 12.1 Å². The molecular formula is C12H11F6NO2S. The summed E-state index contributed by atoms with van der Waals surface area (Å²) in [6.45, 7) is 1.28. The first-order valence-corrected chi connectivity index (χ1v) is 6.31. The molecule has 0 saturated heterocycles. The molecule has 0 saturated carbocycles. The SMILES string of the molecule is C[C@H](NC(=O)O)C(S)c1cc(C(F)(F)F)cc(C(F)(F)F)c1. The third kappa shape index (κ3) is 4.72. The van der Waals surface area contributed by atoms with Crippen molar-refractivity contribution in [1.82, 2.24) is 5.32 Å². The summed E-state index contributed by atoms with van der Waals surface area (Å²) in [6, 6.07) is 0.0458. The van der Waals surface area contributed by atoms with Gasteiger partial charge in [0.05, 0.1) is 11.1 Å². The number of rotatable bonds is 3. The minimum atomic E-state index is -4.97. The van der Waals surface area contributed by atoms with Crippen LogP contribution in [0.3, 0.4) is 0 Å². The van der Waals surface area contributed by atoms with Crippen LogP contribution in [0.2, 0.25) is 0 Å². The molecule has 1 unspecified atom stereocenters. The summed E-state index contributed by atoms with van der Waals surface area (Å²) in [6.07, 6.45) is -11.4. The normalized spacial score (nSPS) is 15.3. The Morgan fingerprint density at radius 1 is 1.09 bits per heavy atom. The highest BCUT2D eigenvalue weighted by Crippen LogP contribution is 2.38. The van der Waals surface area contributed by atoms with Gasteiger partial charge >= 0.3 is 18.4 Å². The van der Waals surface area contributed by atoms with Crippen LogP contribution in [0.5, 0.6) is 0 Å². The molecule has 3 nitrogen and oxygen atoms in total. The second kappa shape index (κ2) is 6.27. The third-order valence-electron chi connectivity index (χ3n) is 2.78. The Labute approximate surface area is 126 Å². The van der Waals surface area contributed by atoms with Crippen molar-refractivity contribution in [3.05, 3.63) is 34.9 Å². The lowest BCUT2D eigenvalue weighted by atomic mass is 9.99. The van der Waals surface area contributed by atoms with Crippen LogP contribution in [0.15, 0.2) is 18.2 Å². The molecule has 1 rings (SSSR count). The van der Waals surface area contributed by atoms with Crippen molar-refractivity contribution in [2.45, 2.75) is 30.6 Å². The molecule has 0 aromatic heterocycles. The van der Waals surface area contributed by atoms with Crippen LogP contribution in [0.4, 0.5) is 31.1 Å². The summed E-state index contributed by atoms with van der Waals surface area (Å²) >= 11 is 3.91. The minimum Gasteiger partial charge on any atom is -0.465 e. The molecule has 22 heavy (non-hydrogen) atoms. The number of hydrogen-bond donors (Lipinski definition) is 3. The largest absolute Gasteiger partial charge is 0.465 e. The van der Waals surface area contributed by atoms with E-state index in [-0.39, 0.29) is 11.6 Å². The molecule has 0 aliphatic heterocycles. The summed E-state index contributed by atoms with van der Waals surface area (Å²) < 4.78 is 76.3. The van der Waals surface area contributed by atoms with E-state index >= 15 is 0 Å². The van der Waals surface area contributed by atoms with Crippen LogP contribution in [-0.4, -0.2) is 17.2 Å². The molecule has 0 fully saturated rings. The Morgan fingerprint density at radius 3 is 1.82 bits per heavy atom. The van der Waals surface area contributed by atoms with Crippen molar-refractivity contribution in [1.29, 1.82) is 0 Å². The number of nitrogens with one attached hydrogen (secondary N) is 1. The van der Waals surface area contributed by atoms with Gasteiger partial charge in [0.25, 0.3) is 0 Å². The van der Waals surface area contributed by atoms with E-state index in [1.165, 1.54) is 6.92 Å². The fourth-order valence-corrected chi connectivity index (χ4v) is 1.94. The van der Waals surface area contributed by atoms with Gasteiger partial charge in [-0.1, -0.05) is 0 Å². The van der Waals surface area contributed by atoms with E-state index in [2.05, 4.69) is 12.6 Å². The lowest BCUT2D eigenvalue weighted by molar-refractivity contribution is -0.143. The van der Waals surface area contributed by atoms with Crippen molar-refractivity contribution in [2.24, 2.45) is 0 Å². The van der Waals surface area contributed by atoms with Crippen molar-refractivity contribution in [3.63, 3.8) is 0 Å². The standard InChI is InChI=1S/C12H11F6NO2S/c1-5(19-10(20)21)9(22)6-2-7(11(13,14)15)4-8(3-6)12(16,17)18/h2-5,9,19,22H,1H3,(H,20,21)/t5-,9?/m0/s1. The Balaban J connectivity index is 3.32. The predicted molar refractivity (Wildman–Crippen MR) is 68.8 cm³/mol. The van der Waals surface area contributed by atoms with Gasteiger partial charge in [-0.15, -0.1) is 0 Å². The second-order valence-corrected chi connectivity index (χ2v) is 5.08. The minimum absolute atomic E-state index is 0.000706. The van der Waals surface area contributed by atoms with E-state index in [9.17, 15) is 31.1 Å². The van der Waals surface area contributed by atoms with E-state index in [1.807, 2.05) is 5.32 Å². The first-order valence-electron chi connectivity index (χ1n) is 5.79. The smallest absolute Gasteiger partial charge is 0.416 e. The Bertz CT molecular complexity index is 525. The average Bonchev–Trinajstić information content (AvgIpc) is 2.34. The van der Waals surface area contributed by atoms with Gasteiger partial charge in [-0.25, -0.2) is 4.79 Å². The Morgan fingerprint density at radius 2 is 1.50 bits per heavy atom. The number of carboxylic acid groups (broad SMARTS) is 1. The first kappa shape index (κ1) is 18.5. The fraction of sp³-hybridized carbons (Fsp3) is 0.417. The van der Waals surface area contributed by atoms with Crippen LogP contribution in [0.1, 0.15) is 28.9 Å². The summed E-state index contributed by atoms with van der Waals surface area (Å²) in [5.74, 6) is 0. The van der Waals surface area contributed by atoms with Gasteiger partial charge in [0.2, 0.25) is 0 Å². The summed E-state index contributed by atoms with van der Waals surface area (Å²) in [7, 11) is 0. The third-order valence-corrected chi connectivity index (χ3v) is 3.52. The number of benzene rings is 1. The first-order chi connectivity index (χ1) is 9.82. The van der Waals surface area contributed by atoms with Crippen molar-refractivity contribution in [2.75, 3.05) is 0 Å². The molecule has 2 N–H and O–H groups in total. The number of thiol groups is 1. The zero-order valence-electron chi connectivity index (χ0n) is 11.0. The second-order valence-electron chi connectivity index (χ2n) is 4.52. The maximum Gasteiger partial charge on any atom is 0.416 e. The van der Waals surface area contributed by atoms with Crippen molar-refractivity contribution in [3.8, 4) is 0 Å². The molecule has 0 radical (unpaired) electrons. The molecule has 0 heterocycles. The van der Waals surface area contributed by atoms with E-state index < -0.39 is 40.9 Å². The predicted octanol–water partition coefficient (Wildman–Crippen LogP) is 4.35. The number of amides is 1. The van der Waals surface area contributed by atoms with Crippen LogP contribution < -0.4 is 5.32 Å². The molecule has 124 valence electrons. The Kier molecular flexibility index (Phi) is 5.26. The zero-order chi connectivity index (χ0) is 17.3. The molecule has 0 aliphatic carbocycles. The molecule has 1 amide bonds. The zero-order valence-corrected chi connectivity index (χ0v) is 11.9. The topological polar surface area (TPSA) is 49.3 Å². The van der Waals surface area contributed by atoms with Crippen LogP contribution >= 0.6 is 12.6 Å². The highest BCUT2D eigenvalue weighted by molar-refractivity contribution is 7.80. The number of alkyl halides is 6. The van der Waals surface area contributed by atoms with Gasteiger partial charge in [0, 0.05) is 11.3 Å². The molecule has 0 spiro atoms. The van der Waals surface area contributed by atoms with E-state index in [0.717, 1.165) is 0 Å². The van der Waals surface area contributed by atoms with Gasteiger partial charge < -0.3 is 10.4 Å². The highest BCUT2D eigenvalue weighted by atomic mass is 32.1. The van der Waals surface area contributed by atoms with Gasteiger partial charge in [-0.2, -0.15) is 39.0 Å². The van der Waals surface area contributed by atoms with Crippen LogP contribution in [0, 0.1) is 0 Å². The average molecular weight is 347 g/mol. The maximum atomic E-state index is 12.7. The van der Waals surface area contributed by atoms with Crippen molar-refractivity contribution >= 4 is 18.7 Å². The number of hydrogen-bond acceptors (Lipinski definition) is 2. The molecule has 10 heteroatoms. The van der Waals surface area contributed by atoms with E-state index in [4.69, 9.17) is 5.11 Å². The molecule has 0 aliphatic rings. The Hall–Kier alpha value is -1.58. The van der Waals surface area contributed by atoms with Crippen LogP contribution in [-0.2, 0) is 12.4 Å². The molecular weight excluding hydrogens is 336 g/mol. The molecule has 0 bridgehead atoms. The molecule has 1 aromatic carbocycles. The summed E-state index contributed by atoms with van der Waals surface area (Å²) in [4.78, 5) is 10.5. The van der Waals surface area contributed by atoms with Gasteiger partial charge in [-0.3, -0.25) is 0 Å². The molecule has 2 atom stereocenters. The lowest BCUT2D eigenvalue weighted by Crippen LogP contribution is -2.34. The van der Waals surface area contributed by atoms with Crippen molar-refractivity contribution < 1.29 is 36.2 Å². The van der Waals surface area contributed by atoms with E-state index in [1.54, 1.807) is 0 Å². The van der Waals surface area contributed by atoms with Gasteiger partial charge in [0.1, 0.15) is 0 Å². The van der Waals surface area contributed by atoms with Gasteiger partial charge in [0.15, 0.2) is 0 Å². The highest BCUT2D eigenvalue weighted by Gasteiger charge is 2.37. The number of carbonyl (C=O) groups is 1. The summed E-state index contributed by atoms with van der Waals surface area (Å²) in [5, 5.41) is 9.30. The number of halogens is 6. The quantitative estimate of drug-likeness (QED) is 0.562. The maximum absolute atomic E-state index is 12.7. The fourth-order valence-electron chi connectivity index (χ4n) is 1.71. The van der Waals surface area contributed by atoms with Gasteiger partial charge in [-0.05, 0) is 30.7 Å².